The largest absolute Gasteiger partial charge is 0.490 e. The van der Waals surface area contributed by atoms with Crippen LogP contribution in [0, 0.1) is 5.82 Å². The van der Waals surface area contributed by atoms with Gasteiger partial charge in [-0.2, -0.15) is 4.31 Å². The number of carboxylic acids is 1. The predicted octanol–water partition coefficient (Wildman–Crippen LogP) is 1.34. The molecule has 0 atom stereocenters. The van der Waals surface area contributed by atoms with Crippen LogP contribution in [-0.4, -0.2) is 57.2 Å². The Morgan fingerprint density at radius 3 is 2.61 bits per heavy atom. The van der Waals surface area contributed by atoms with Crippen molar-refractivity contribution in [3.05, 3.63) is 24.0 Å². The number of hydrogen-bond acceptors (Lipinski definition) is 5. The highest BCUT2D eigenvalue weighted by Crippen LogP contribution is 2.28. The molecule has 0 fully saturated rings. The molecule has 7 nitrogen and oxygen atoms in total. The van der Waals surface area contributed by atoms with Crippen molar-refractivity contribution < 1.29 is 32.2 Å². The molecule has 0 spiro atoms. The zero-order valence-electron chi connectivity index (χ0n) is 13.0. The number of carbonyl (C=O) groups is 1. The van der Waals surface area contributed by atoms with E-state index in [1.807, 2.05) is 0 Å². The number of nitrogens with zero attached hydrogens (tertiary/aromatic N) is 1. The standard InChI is InChI=1S/C14H20FNO6S/c1-3-6-16(10-14(17)18)23(19,20)13-9-11(15)4-5-12(13)22-8-7-21-2/h4-5,9H,3,6-8,10H2,1-2H3,(H,17,18). The molecular formula is C14H20FNO6S. The summed E-state index contributed by atoms with van der Waals surface area (Å²) in [5, 5.41) is 8.89. The molecule has 1 aromatic rings. The first kappa shape index (κ1) is 19.3. The SMILES string of the molecule is CCCN(CC(=O)O)S(=O)(=O)c1cc(F)ccc1OCCOC. The second-order valence-corrected chi connectivity index (χ2v) is 6.57. The van der Waals surface area contributed by atoms with Crippen LogP contribution in [0.5, 0.6) is 5.75 Å². The third-order valence-corrected chi connectivity index (χ3v) is 4.72. The van der Waals surface area contributed by atoms with E-state index in [4.69, 9.17) is 14.6 Å². The Hall–Kier alpha value is -1.71. The maximum Gasteiger partial charge on any atom is 0.318 e. The molecule has 0 aliphatic rings. The Labute approximate surface area is 134 Å². The summed E-state index contributed by atoms with van der Waals surface area (Å²) in [4.78, 5) is 10.5. The maximum atomic E-state index is 13.5. The normalized spacial score (nSPS) is 11.7. The highest BCUT2D eigenvalue weighted by Gasteiger charge is 2.29. The van der Waals surface area contributed by atoms with Gasteiger partial charge in [0.15, 0.2) is 0 Å². The number of halogens is 1. The van der Waals surface area contributed by atoms with Crippen molar-refractivity contribution >= 4 is 16.0 Å². The van der Waals surface area contributed by atoms with Crippen LogP contribution in [0.1, 0.15) is 13.3 Å². The molecule has 130 valence electrons. The molecule has 0 heterocycles. The number of sulfonamides is 1. The summed E-state index contributed by atoms with van der Waals surface area (Å²) in [6, 6.07) is 3.09. The fourth-order valence-electron chi connectivity index (χ4n) is 1.86. The third kappa shape index (κ3) is 5.45. The van der Waals surface area contributed by atoms with E-state index in [9.17, 15) is 17.6 Å². The lowest BCUT2D eigenvalue weighted by Crippen LogP contribution is -2.36. The monoisotopic (exact) mass is 349 g/mol. The van der Waals surface area contributed by atoms with E-state index in [2.05, 4.69) is 0 Å². The first-order valence-electron chi connectivity index (χ1n) is 6.96. The zero-order chi connectivity index (χ0) is 17.5. The molecule has 23 heavy (non-hydrogen) atoms. The summed E-state index contributed by atoms with van der Waals surface area (Å²) in [7, 11) is -2.74. The number of rotatable bonds is 10. The summed E-state index contributed by atoms with van der Waals surface area (Å²) in [5.41, 5.74) is 0. The van der Waals surface area contributed by atoms with Gasteiger partial charge in [0, 0.05) is 13.7 Å². The molecule has 0 aromatic heterocycles. The lowest BCUT2D eigenvalue weighted by molar-refractivity contribution is -0.137. The van der Waals surface area contributed by atoms with E-state index >= 15 is 0 Å². The van der Waals surface area contributed by atoms with Gasteiger partial charge in [-0.1, -0.05) is 6.92 Å². The number of aliphatic carboxylic acids is 1. The van der Waals surface area contributed by atoms with Gasteiger partial charge in [-0.3, -0.25) is 4.79 Å². The van der Waals surface area contributed by atoms with E-state index in [0.717, 1.165) is 16.4 Å². The molecule has 0 bridgehead atoms. The summed E-state index contributed by atoms with van der Waals surface area (Å²) in [6.45, 7) is 1.32. The Morgan fingerprint density at radius 2 is 2.04 bits per heavy atom. The number of ether oxygens (including phenoxy) is 2. The van der Waals surface area contributed by atoms with E-state index in [1.54, 1.807) is 6.92 Å². The highest BCUT2D eigenvalue weighted by atomic mass is 32.2. The van der Waals surface area contributed by atoms with Crippen LogP contribution in [0.4, 0.5) is 4.39 Å². The second-order valence-electron chi connectivity index (χ2n) is 4.66. The molecule has 0 radical (unpaired) electrons. The molecule has 1 rings (SSSR count). The van der Waals surface area contributed by atoms with Gasteiger partial charge in [0.05, 0.1) is 6.61 Å². The molecule has 0 aliphatic heterocycles. The molecular weight excluding hydrogens is 329 g/mol. The van der Waals surface area contributed by atoms with E-state index in [0.29, 0.717) is 6.42 Å². The van der Waals surface area contributed by atoms with Gasteiger partial charge >= 0.3 is 5.97 Å². The minimum Gasteiger partial charge on any atom is -0.490 e. The van der Waals surface area contributed by atoms with E-state index in [1.165, 1.54) is 13.2 Å². The topological polar surface area (TPSA) is 93.1 Å². The Bertz CT molecular complexity index is 634. The molecule has 9 heteroatoms. The average molecular weight is 349 g/mol. The van der Waals surface area contributed by atoms with Crippen LogP contribution in [0.2, 0.25) is 0 Å². The van der Waals surface area contributed by atoms with Gasteiger partial charge in [0.1, 0.15) is 29.6 Å². The molecule has 0 aliphatic carbocycles. The fraction of sp³-hybridized carbons (Fsp3) is 0.500. The minimum atomic E-state index is -4.20. The van der Waals surface area contributed by atoms with Crippen LogP contribution in [0.25, 0.3) is 0 Å². The van der Waals surface area contributed by atoms with Crippen molar-refractivity contribution in [3.63, 3.8) is 0 Å². The van der Waals surface area contributed by atoms with Crippen LogP contribution in [0.15, 0.2) is 23.1 Å². The van der Waals surface area contributed by atoms with Crippen LogP contribution < -0.4 is 4.74 Å². The smallest absolute Gasteiger partial charge is 0.318 e. The number of carboxylic acid groups (broad SMARTS) is 1. The van der Waals surface area contributed by atoms with Gasteiger partial charge in [-0.15, -0.1) is 0 Å². The number of hydrogen-bond donors (Lipinski definition) is 1. The van der Waals surface area contributed by atoms with Gasteiger partial charge in [-0.05, 0) is 24.6 Å². The highest BCUT2D eigenvalue weighted by molar-refractivity contribution is 7.89. The van der Waals surface area contributed by atoms with Crippen molar-refractivity contribution in [2.75, 3.05) is 33.4 Å². The first-order valence-corrected chi connectivity index (χ1v) is 8.40. The lowest BCUT2D eigenvalue weighted by Gasteiger charge is -2.21. The molecule has 0 amide bonds. The van der Waals surface area contributed by atoms with E-state index in [-0.39, 0.29) is 25.5 Å². The van der Waals surface area contributed by atoms with Crippen LogP contribution in [0.3, 0.4) is 0 Å². The molecule has 0 unspecified atom stereocenters. The summed E-state index contributed by atoms with van der Waals surface area (Å²) >= 11 is 0. The van der Waals surface area contributed by atoms with Crippen LogP contribution >= 0.6 is 0 Å². The molecule has 0 saturated heterocycles. The second kappa shape index (κ2) is 8.80. The Kier molecular flexibility index (Phi) is 7.40. The van der Waals surface area contributed by atoms with Crippen molar-refractivity contribution in [2.24, 2.45) is 0 Å². The first-order chi connectivity index (χ1) is 10.8. The Balaban J connectivity index is 3.22. The average Bonchev–Trinajstić information content (AvgIpc) is 2.48. The van der Waals surface area contributed by atoms with Crippen molar-refractivity contribution in [1.29, 1.82) is 0 Å². The van der Waals surface area contributed by atoms with Gasteiger partial charge in [0.25, 0.3) is 0 Å². The lowest BCUT2D eigenvalue weighted by atomic mass is 10.3. The summed E-state index contributed by atoms with van der Waals surface area (Å²) in [6.07, 6.45) is 0.418. The van der Waals surface area contributed by atoms with Gasteiger partial charge < -0.3 is 14.6 Å². The Morgan fingerprint density at radius 1 is 1.35 bits per heavy atom. The predicted molar refractivity (Wildman–Crippen MR) is 80.5 cm³/mol. The number of benzene rings is 1. The van der Waals surface area contributed by atoms with Crippen molar-refractivity contribution in [3.8, 4) is 5.75 Å². The fourth-order valence-corrected chi connectivity index (χ4v) is 3.49. The molecule has 1 aromatic carbocycles. The summed E-state index contributed by atoms with van der Waals surface area (Å²) in [5.74, 6) is -2.09. The van der Waals surface area contributed by atoms with E-state index < -0.39 is 33.3 Å². The van der Waals surface area contributed by atoms with Gasteiger partial charge in [-0.25, -0.2) is 12.8 Å². The molecule has 1 N–H and O–H groups in total. The van der Waals surface area contributed by atoms with Crippen molar-refractivity contribution in [2.45, 2.75) is 18.2 Å². The number of methoxy groups -OCH3 is 1. The summed E-state index contributed by atoms with van der Waals surface area (Å²) < 4.78 is 49.7. The van der Waals surface area contributed by atoms with Crippen molar-refractivity contribution in [1.82, 2.24) is 4.31 Å². The van der Waals surface area contributed by atoms with Gasteiger partial charge in [0.2, 0.25) is 10.0 Å². The third-order valence-electron chi connectivity index (χ3n) is 2.85. The van der Waals surface area contributed by atoms with Crippen LogP contribution in [-0.2, 0) is 19.6 Å². The zero-order valence-corrected chi connectivity index (χ0v) is 13.8. The molecule has 0 saturated carbocycles. The maximum absolute atomic E-state index is 13.5. The quantitative estimate of drug-likeness (QED) is 0.641. The minimum absolute atomic E-state index is 0.00264.